The van der Waals surface area contributed by atoms with Crippen LogP contribution in [0.2, 0.25) is 0 Å². The average Bonchev–Trinajstić information content (AvgIpc) is 2.68. The Kier molecular flexibility index (Phi) is 3.84. The first-order valence-electron chi connectivity index (χ1n) is 6.61. The number of rotatable bonds is 4. The summed E-state index contributed by atoms with van der Waals surface area (Å²) >= 11 is 0. The van der Waals surface area contributed by atoms with E-state index >= 15 is 0 Å². The van der Waals surface area contributed by atoms with Crippen molar-refractivity contribution in [2.75, 3.05) is 0 Å². The first-order chi connectivity index (χ1) is 8.97. The van der Waals surface area contributed by atoms with Gasteiger partial charge in [-0.25, -0.2) is 0 Å². The second kappa shape index (κ2) is 5.39. The molecule has 0 aliphatic carbocycles. The van der Waals surface area contributed by atoms with Gasteiger partial charge >= 0.3 is 0 Å². The number of carbonyl (C=O) groups is 1. The van der Waals surface area contributed by atoms with Crippen molar-refractivity contribution in [1.29, 1.82) is 0 Å². The Balaban J connectivity index is 2.14. The highest BCUT2D eigenvalue weighted by Gasteiger charge is 2.10. The summed E-state index contributed by atoms with van der Waals surface area (Å²) in [5.74, 6) is 0.585. The van der Waals surface area contributed by atoms with E-state index in [0.29, 0.717) is 12.5 Å². The van der Waals surface area contributed by atoms with Gasteiger partial charge in [-0.05, 0) is 31.4 Å². The van der Waals surface area contributed by atoms with Crippen LogP contribution in [-0.2, 0) is 6.54 Å². The molecule has 0 atom stereocenters. The summed E-state index contributed by atoms with van der Waals surface area (Å²) in [6.45, 7) is 8.50. The third kappa shape index (κ3) is 3.11. The fourth-order valence-corrected chi connectivity index (χ4v) is 2.12. The van der Waals surface area contributed by atoms with Crippen molar-refractivity contribution in [3.63, 3.8) is 0 Å². The molecule has 0 N–H and O–H groups in total. The van der Waals surface area contributed by atoms with Gasteiger partial charge in [-0.3, -0.25) is 9.48 Å². The minimum absolute atomic E-state index is 0.0986. The predicted octanol–water partition coefficient (Wildman–Crippen LogP) is 3.51. The van der Waals surface area contributed by atoms with Crippen LogP contribution in [0, 0.1) is 13.8 Å². The highest BCUT2D eigenvalue weighted by Crippen LogP contribution is 2.15. The van der Waals surface area contributed by atoms with Crippen molar-refractivity contribution in [3.8, 4) is 0 Å². The molecule has 1 aromatic carbocycles. The number of Topliss-reactive ketones (excluding diaryl/α,β-unsaturated/α-hetero) is 1. The van der Waals surface area contributed by atoms with E-state index in [1.54, 1.807) is 4.68 Å². The largest absolute Gasteiger partial charge is 0.292 e. The molecule has 3 nitrogen and oxygen atoms in total. The zero-order valence-corrected chi connectivity index (χ0v) is 12.0. The van der Waals surface area contributed by atoms with Gasteiger partial charge in [0.2, 0.25) is 0 Å². The van der Waals surface area contributed by atoms with Crippen LogP contribution in [0.4, 0.5) is 0 Å². The first kappa shape index (κ1) is 13.5. The molecule has 0 radical (unpaired) electrons. The van der Waals surface area contributed by atoms with Crippen LogP contribution >= 0.6 is 0 Å². The molecule has 0 spiro atoms. The topological polar surface area (TPSA) is 34.9 Å². The van der Waals surface area contributed by atoms with Gasteiger partial charge in [0.1, 0.15) is 6.54 Å². The zero-order valence-electron chi connectivity index (χ0n) is 12.0. The van der Waals surface area contributed by atoms with Crippen LogP contribution < -0.4 is 0 Å². The van der Waals surface area contributed by atoms with Crippen LogP contribution in [0.25, 0.3) is 0 Å². The highest BCUT2D eigenvalue weighted by atomic mass is 16.1. The maximum Gasteiger partial charge on any atom is 0.184 e. The van der Waals surface area contributed by atoms with E-state index in [2.05, 4.69) is 18.9 Å². The Bertz CT molecular complexity index is 579. The van der Waals surface area contributed by atoms with Gasteiger partial charge < -0.3 is 0 Å². The van der Waals surface area contributed by atoms with Crippen molar-refractivity contribution in [1.82, 2.24) is 9.78 Å². The second-order valence-corrected chi connectivity index (χ2v) is 5.28. The Morgan fingerprint density at radius 2 is 1.84 bits per heavy atom. The molecule has 0 unspecified atom stereocenters. The summed E-state index contributed by atoms with van der Waals surface area (Å²) in [6, 6.07) is 9.85. The maximum absolute atomic E-state index is 12.2. The average molecular weight is 256 g/mol. The summed E-state index contributed by atoms with van der Waals surface area (Å²) in [6.07, 6.45) is 0. The highest BCUT2D eigenvalue weighted by molar-refractivity contribution is 5.95. The SMILES string of the molecule is Cc1cc(C)n(CC(=O)c2ccc(C(C)C)cc2)n1. The van der Waals surface area contributed by atoms with Gasteiger partial charge in [-0.2, -0.15) is 5.10 Å². The molecule has 0 bridgehead atoms. The molecule has 2 aromatic rings. The molecule has 0 amide bonds. The molecule has 1 aromatic heterocycles. The fourth-order valence-electron chi connectivity index (χ4n) is 2.12. The van der Waals surface area contributed by atoms with Crippen molar-refractivity contribution in [3.05, 3.63) is 52.8 Å². The Labute approximate surface area is 114 Å². The van der Waals surface area contributed by atoms with Gasteiger partial charge in [0.15, 0.2) is 5.78 Å². The van der Waals surface area contributed by atoms with Crippen LogP contribution in [0.1, 0.15) is 47.1 Å². The normalized spacial score (nSPS) is 11.0. The number of ketones is 1. The number of nitrogens with zero attached hydrogens (tertiary/aromatic N) is 2. The molecule has 2 rings (SSSR count). The minimum Gasteiger partial charge on any atom is -0.292 e. The van der Waals surface area contributed by atoms with Crippen LogP contribution in [0.3, 0.4) is 0 Å². The predicted molar refractivity (Wildman–Crippen MR) is 76.6 cm³/mol. The minimum atomic E-state index is 0.0986. The van der Waals surface area contributed by atoms with Crippen LogP contribution in [-0.4, -0.2) is 15.6 Å². The number of benzene rings is 1. The molecular weight excluding hydrogens is 236 g/mol. The number of hydrogen-bond donors (Lipinski definition) is 0. The molecule has 100 valence electrons. The zero-order chi connectivity index (χ0) is 14.0. The standard InChI is InChI=1S/C16H20N2O/c1-11(2)14-5-7-15(8-6-14)16(19)10-18-13(4)9-12(3)17-18/h5-9,11H,10H2,1-4H3. The summed E-state index contributed by atoms with van der Waals surface area (Å²) < 4.78 is 1.76. The molecule has 0 aliphatic heterocycles. The van der Waals surface area contributed by atoms with E-state index in [1.165, 1.54) is 5.56 Å². The molecular formula is C16H20N2O. The lowest BCUT2D eigenvalue weighted by Gasteiger charge is -2.07. The number of hydrogen-bond acceptors (Lipinski definition) is 2. The number of aromatic nitrogens is 2. The summed E-state index contributed by atoms with van der Waals surface area (Å²) in [5, 5.41) is 4.32. The molecule has 0 saturated heterocycles. The summed E-state index contributed by atoms with van der Waals surface area (Å²) in [4.78, 5) is 12.2. The third-order valence-corrected chi connectivity index (χ3v) is 3.30. The molecule has 19 heavy (non-hydrogen) atoms. The van der Waals surface area contributed by atoms with E-state index in [4.69, 9.17) is 0 Å². The van der Waals surface area contributed by atoms with E-state index < -0.39 is 0 Å². The second-order valence-electron chi connectivity index (χ2n) is 5.28. The lowest BCUT2D eigenvalue weighted by atomic mass is 10.0. The van der Waals surface area contributed by atoms with Gasteiger partial charge in [-0.15, -0.1) is 0 Å². The number of aryl methyl sites for hydroxylation is 2. The van der Waals surface area contributed by atoms with Crippen molar-refractivity contribution in [2.24, 2.45) is 0 Å². The molecule has 0 fully saturated rings. The van der Waals surface area contributed by atoms with Gasteiger partial charge in [0, 0.05) is 11.3 Å². The summed E-state index contributed by atoms with van der Waals surface area (Å²) in [7, 11) is 0. The number of carbonyl (C=O) groups excluding carboxylic acids is 1. The Morgan fingerprint density at radius 3 is 2.32 bits per heavy atom. The molecule has 1 heterocycles. The summed E-state index contributed by atoms with van der Waals surface area (Å²) in [5.41, 5.74) is 3.96. The van der Waals surface area contributed by atoms with E-state index in [9.17, 15) is 4.79 Å². The smallest absolute Gasteiger partial charge is 0.184 e. The van der Waals surface area contributed by atoms with Gasteiger partial charge in [-0.1, -0.05) is 38.1 Å². The quantitative estimate of drug-likeness (QED) is 0.785. The first-order valence-corrected chi connectivity index (χ1v) is 6.61. The maximum atomic E-state index is 12.2. The van der Waals surface area contributed by atoms with E-state index in [0.717, 1.165) is 17.0 Å². The van der Waals surface area contributed by atoms with E-state index in [-0.39, 0.29) is 5.78 Å². The van der Waals surface area contributed by atoms with Crippen LogP contribution in [0.15, 0.2) is 30.3 Å². The van der Waals surface area contributed by atoms with Crippen molar-refractivity contribution >= 4 is 5.78 Å². The lowest BCUT2D eigenvalue weighted by molar-refractivity contribution is 0.0966. The monoisotopic (exact) mass is 256 g/mol. The van der Waals surface area contributed by atoms with Crippen LogP contribution in [0.5, 0.6) is 0 Å². The van der Waals surface area contributed by atoms with Gasteiger partial charge in [0.05, 0.1) is 5.69 Å². The van der Waals surface area contributed by atoms with Crippen molar-refractivity contribution < 1.29 is 4.79 Å². The Morgan fingerprint density at radius 1 is 1.21 bits per heavy atom. The van der Waals surface area contributed by atoms with Crippen molar-refractivity contribution in [2.45, 2.75) is 40.2 Å². The lowest BCUT2D eigenvalue weighted by Crippen LogP contribution is -2.13. The van der Waals surface area contributed by atoms with E-state index in [1.807, 2.05) is 44.2 Å². The molecule has 0 aliphatic rings. The molecule has 0 saturated carbocycles. The Hall–Kier alpha value is -1.90. The third-order valence-electron chi connectivity index (χ3n) is 3.30. The van der Waals surface area contributed by atoms with Gasteiger partial charge in [0.25, 0.3) is 0 Å². The fraction of sp³-hybridized carbons (Fsp3) is 0.375. The molecule has 3 heteroatoms.